The van der Waals surface area contributed by atoms with E-state index in [-0.39, 0.29) is 5.91 Å². The van der Waals surface area contributed by atoms with Crippen LogP contribution in [0.25, 0.3) is 0 Å². The number of carbonyl (C=O) groups is 1. The number of nitrogens with zero attached hydrogens (tertiary/aromatic N) is 1. The summed E-state index contributed by atoms with van der Waals surface area (Å²) in [4.78, 5) is 16.5. The molecule has 1 fully saturated rings. The van der Waals surface area contributed by atoms with Crippen LogP contribution in [0, 0.1) is 0 Å². The molecule has 5 heteroatoms. The SMILES string of the molecule is O=C(CSC1=Nc2ccccc2CS1)NC1CCCC1. The van der Waals surface area contributed by atoms with Gasteiger partial charge in [-0.3, -0.25) is 4.79 Å². The molecule has 1 aromatic rings. The third-order valence-corrected chi connectivity index (χ3v) is 5.85. The number of rotatable bonds is 3. The molecule has 0 atom stereocenters. The Labute approximate surface area is 128 Å². The molecular formula is C15H18N2OS2. The molecule has 1 amide bonds. The zero-order valence-corrected chi connectivity index (χ0v) is 12.9. The van der Waals surface area contributed by atoms with Crippen molar-refractivity contribution in [3.05, 3.63) is 29.8 Å². The number of nitrogens with one attached hydrogen (secondary N) is 1. The minimum Gasteiger partial charge on any atom is -0.353 e. The average Bonchev–Trinajstić information content (AvgIpc) is 2.98. The quantitative estimate of drug-likeness (QED) is 0.925. The number of aliphatic imine (C=N–C) groups is 1. The minimum absolute atomic E-state index is 0.143. The van der Waals surface area contributed by atoms with Gasteiger partial charge in [-0.05, 0) is 24.5 Å². The highest BCUT2D eigenvalue weighted by molar-refractivity contribution is 8.38. The molecule has 1 N–H and O–H groups in total. The number of thioether (sulfide) groups is 2. The van der Waals surface area contributed by atoms with Crippen molar-refractivity contribution in [1.82, 2.24) is 5.32 Å². The Balaban J connectivity index is 1.51. The standard InChI is InChI=1S/C15H18N2OS2/c18-14(16-12-6-2-3-7-12)10-20-15-17-13-8-4-1-5-11(13)9-19-15/h1,4-5,8,12H,2-3,6-7,9-10H2,(H,16,18). The fourth-order valence-electron chi connectivity index (χ4n) is 2.55. The smallest absolute Gasteiger partial charge is 0.230 e. The third kappa shape index (κ3) is 3.58. The van der Waals surface area contributed by atoms with Crippen LogP contribution in [0.4, 0.5) is 5.69 Å². The van der Waals surface area contributed by atoms with Crippen molar-refractivity contribution in [2.75, 3.05) is 5.75 Å². The average molecular weight is 306 g/mol. The number of hydrogen-bond donors (Lipinski definition) is 1. The Hall–Kier alpha value is -0.940. The van der Waals surface area contributed by atoms with Crippen LogP contribution in [0.5, 0.6) is 0 Å². The fourth-order valence-corrected chi connectivity index (χ4v) is 4.43. The van der Waals surface area contributed by atoms with Gasteiger partial charge in [0.1, 0.15) is 4.38 Å². The van der Waals surface area contributed by atoms with Gasteiger partial charge in [0.2, 0.25) is 5.91 Å². The van der Waals surface area contributed by atoms with E-state index in [1.54, 1.807) is 23.5 Å². The summed E-state index contributed by atoms with van der Waals surface area (Å²) in [5, 5.41) is 3.11. The molecule has 1 aliphatic carbocycles. The van der Waals surface area contributed by atoms with E-state index >= 15 is 0 Å². The molecule has 0 bridgehead atoms. The molecule has 106 valence electrons. The van der Waals surface area contributed by atoms with Gasteiger partial charge in [0.15, 0.2) is 0 Å². The van der Waals surface area contributed by atoms with Crippen molar-refractivity contribution < 1.29 is 4.79 Å². The first-order valence-corrected chi connectivity index (χ1v) is 9.00. The summed E-state index contributed by atoms with van der Waals surface area (Å²) in [6.45, 7) is 0. The van der Waals surface area contributed by atoms with Gasteiger partial charge in [-0.2, -0.15) is 0 Å². The van der Waals surface area contributed by atoms with E-state index < -0.39 is 0 Å². The lowest BCUT2D eigenvalue weighted by Crippen LogP contribution is -2.34. The molecule has 0 radical (unpaired) electrons. The van der Waals surface area contributed by atoms with Crippen LogP contribution in [-0.2, 0) is 10.5 Å². The zero-order valence-electron chi connectivity index (χ0n) is 11.3. The van der Waals surface area contributed by atoms with Crippen LogP contribution in [0.15, 0.2) is 29.3 Å². The molecule has 0 saturated heterocycles. The largest absolute Gasteiger partial charge is 0.353 e. The highest BCUT2D eigenvalue weighted by Crippen LogP contribution is 2.34. The lowest BCUT2D eigenvalue weighted by Gasteiger charge is -2.15. The Morgan fingerprint density at radius 3 is 3.00 bits per heavy atom. The van der Waals surface area contributed by atoms with E-state index in [1.165, 1.54) is 18.4 Å². The van der Waals surface area contributed by atoms with E-state index in [9.17, 15) is 4.79 Å². The molecule has 1 heterocycles. The molecule has 0 spiro atoms. The fraction of sp³-hybridized carbons (Fsp3) is 0.467. The second-order valence-electron chi connectivity index (χ2n) is 5.13. The molecule has 0 unspecified atom stereocenters. The maximum Gasteiger partial charge on any atom is 0.230 e. The zero-order chi connectivity index (χ0) is 13.8. The van der Waals surface area contributed by atoms with E-state index in [0.717, 1.165) is 28.7 Å². The molecule has 1 aromatic carbocycles. The summed E-state index contributed by atoms with van der Waals surface area (Å²) in [5.41, 5.74) is 2.32. The third-order valence-electron chi connectivity index (χ3n) is 3.60. The van der Waals surface area contributed by atoms with E-state index in [4.69, 9.17) is 0 Å². The Kier molecular flexibility index (Phi) is 4.68. The summed E-state index contributed by atoms with van der Waals surface area (Å²) in [5.74, 6) is 1.57. The van der Waals surface area contributed by atoms with Gasteiger partial charge in [0.05, 0.1) is 11.4 Å². The Bertz CT molecular complexity index is 524. The maximum absolute atomic E-state index is 11.9. The van der Waals surface area contributed by atoms with Crippen LogP contribution in [0.3, 0.4) is 0 Å². The minimum atomic E-state index is 0.143. The summed E-state index contributed by atoms with van der Waals surface area (Å²) in [6.07, 6.45) is 4.77. The van der Waals surface area contributed by atoms with Crippen LogP contribution in [0.1, 0.15) is 31.2 Å². The number of fused-ring (bicyclic) bond motifs is 1. The van der Waals surface area contributed by atoms with Gasteiger partial charge in [0.25, 0.3) is 0 Å². The molecule has 0 aromatic heterocycles. The van der Waals surface area contributed by atoms with Crippen LogP contribution < -0.4 is 5.32 Å². The molecular weight excluding hydrogens is 288 g/mol. The van der Waals surface area contributed by atoms with Crippen molar-refractivity contribution >= 4 is 39.5 Å². The van der Waals surface area contributed by atoms with Gasteiger partial charge in [-0.15, -0.1) is 0 Å². The molecule has 3 nitrogen and oxygen atoms in total. The number of benzene rings is 1. The number of para-hydroxylation sites is 1. The Morgan fingerprint density at radius 1 is 1.35 bits per heavy atom. The van der Waals surface area contributed by atoms with Crippen molar-refractivity contribution in [3.8, 4) is 0 Å². The van der Waals surface area contributed by atoms with Crippen molar-refractivity contribution in [2.45, 2.75) is 37.5 Å². The van der Waals surface area contributed by atoms with Gasteiger partial charge < -0.3 is 5.32 Å². The lowest BCUT2D eigenvalue weighted by molar-refractivity contribution is -0.119. The number of amides is 1. The summed E-state index contributed by atoms with van der Waals surface area (Å²) in [6, 6.07) is 8.61. The first-order chi connectivity index (χ1) is 9.81. The predicted molar refractivity (Wildman–Crippen MR) is 87.7 cm³/mol. The molecule has 1 aliphatic heterocycles. The second kappa shape index (κ2) is 6.68. The van der Waals surface area contributed by atoms with Gasteiger partial charge in [0, 0.05) is 11.8 Å². The van der Waals surface area contributed by atoms with Crippen LogP contribution >= 0.6 is 23.5 Å². The number of hydrogen-bond acceptors (Lipinski definition) is 4. The van der Waals surface area contributed by atoms with Crippen molar-refractivity contribution in [2.24, 2.45) is 4.99 Å². The highest BCUT2D eigenvalue weighted by Gasteiger charge is 2.18. The molecule has 2 aliphatic rings. The lowest BCUT2D eigenvalue weighted by atomic mass is 10.2. The number of carbonyl (C=O) groups excluding carboxylic acids is 1. The first kappa shape index (κ1) is 14.0. The summed E-state index contributed by atoms with van der Waals surface area (Å²) in [7, 11) is 0. The van der Waals surface area contributed by atoms with Gasteiger partial charge in [-0.1, -0.05) is 54.6 Å². The molecule has 3 rings (SSSR count). The predicted octanol–water partition coefficient (Wildman–Crippen LogP) is 3.71. The summed E-state index contributed by atoms with van der Waals surface area (Å²) >= 11 is 3.28. The molecule has 1 saturated carbocycles. The highest BCUT2D eigenvalue weighted by atomic mass is 32.2. The summed E-state index contributed by atoms with van der Waals surface area (Å²) < 4.78 is 1.00. The second-order valence-corrected chi connectivity index (χ2v) is 7.32. The topological polar surface area (TPSA) is 41.5 Å². The molecule has 20 heavy (non-hydrogen) atoms. The van der Waals surface area contributed by atoms with Crippen LogP contribution in [-0.4, -0.2) is 22.1 Å². The maximum atomic E-state index is 11.9. The van der Waals surface area contributed by atoms with Crippen molar-refractivity contribution in [1.29, 1.82) is 0 Å². The normalized spacial score (nSPS) is 18.5. The monoisotopic (exact) mass is 306 g/mol. The first-order valence-electron chi connectivity index (χ1n) is 7.03. The van der Waals surface area contributed by atoms with E-state index in [0.29, 0.717) is 11.8 Å². The van der Waals surface area contributed by atoms with Gasteiger partial charge in [-0.25, -0.2) is 4.99 Å². The van der Waals surface area contributed by atoms with E-state index in [2.05, 4.69) is 16.4 Å². The van der Waals surface area contributed by atoms with Crippen molar-refractivity contribution in [3.63, 3.8) is 0 Å². The van der Waals surface area contributed by atoms with Gasteiger partial charge >= 0.3 is 0 Å². The van der Waals surface area contributed by atoms with Crippen LogP contribution in [0.2, 0.25) is 0 Å². The Morgan fingerprint density at radius 2 is 2.15 bits per heavy atom. The van der Waals surface area contributed by atoms with E-state index in [1.807, 2.05) is 18.2 Å².